The van der Waals surface area contributed by atoms with E-state index in [2.05, 4.69) is 4.98 Å². The summed E-state index contributed by atoms with van der Waals surface area (Å²) in [5, 5.41) is 0. The van der Waals surface area contributed by atoms with Crippen LogP contribution in [0.15, 0.2) is 47.4 Å². The molecule has 202 valence electrons. The van der Waals surface area contributed by atoms with E-state index in [4.69, 9.17) is 24.7 Å². The molecule has 37 heavy (non-hydrogen) atoms. The van der Waals surface area contributed by atoms with Crippen LogP contribution in [0.4, 0.5) is 10.6 Å². The Labute approximate surface area is 216 Å². The first-order chi connectivity index (χ1) is 17.6. The minimum Gasteiger partial charge on any atom is -0.460 e. The molecule has 11 heteroatoms. The van der Waals surface area contributed by atoms with Gasteiger partial charge in [0.2, 0.25) is 0 Å². The highest BCUT2D eigenvalue weighted by molar-refractivity contribution is 5.69. The highest BCUT2D eigenvalue weighted by Crippen LogP contribution is 2.20. The van der Waals surface area contributed by atoms with Crippen LogP contribution in [-0.4, -0.2) is 58.2 Å². The molecule has 0 bridgehead atoms. The minimum atomic E-state index is -0.765. The number of unbranched alkanes of at least 4 members (excludes halogenated alkanes) is 2. The Morgan fingerprint density at radius 3 is 2.62 bits per heavy atom. The highest BCUT2D eigenvalue weighted by Gasteiger charge is 2.29. The van der Waals surface area contributed by atoms with Gasteiger partial charge in [0, 0.05) is 25.7 Å². The van der Waals surface area contributed by atoms with Crippen molar-refractivity contribution in [2.24, 2.45) is 0 Å². The van der Waals surface area contributed by atoms with Gasteiger partial charge < -0.3 is 29.6 Å². The van der Waals surface area contributed by atoms with Crippen molar-refractivity contribution in [3.8, 4) is 0 Å². The monoisotopic (exact) mass is 516 g/mol. The zero-order chi connectivity index (χ0) is 26.8. The zero-order valence-electron chi connectivity index (χ0n) is 21.6. The standard InChI is InChI=1S/C26H36N4O7/c1-26(2,3)37-25(33)29(16-19-10-6-4-7-11-19)14-9-5-8-12-22(31)34-18-23-35-17-21(36-23)30-15-13-20(27)28-24(30)32/h4,6-7,10-11,13,15,21,23H,5,8-9,12,14,16-18H2,1-3H3,(H2,27,28,32)/t21-,23-/m0/s1. The van der Waals surface area contributed by atoms with Crippen LogP contribution in [0.25, 0.3) is 0 Å². The van der Waals surface area contributed by atoms with Gasteiger partial charge in [-0.05, 0) is 45.2 Å². The second kappa shape index (κ2) is 13.2. The lowest BCUT2D eigenvalue weighted by atomic mass is 10.1. The molecule has 1 aliphatic rings. The van der Waals surface area contributed by atoms with Crippen molar-refractivity contribution in [1.82, 2.24) is 14.5 Å². The summed E-state index contributed by atoms with van der Waals surface area (Å²) in [6, 6.07) is 11.2. The maximum absolute atomic E-state index is 12.7. The molecule has 2 aromatic rings. The topological polar surface area (TPSA) is 135 Å². The first kappa shape index (κ1) is 28.1. The molecular formula is C26H36N4O7. The molecule has 0 aliphatic carbocycles. The normalized spacial score (nSPS) is 17.4. The molecule has 1 amide bonds. The van der Waals surface area contributed by atoms with E-state index in [0.717, 1.165) is 18.4 Å². The number of nitrogens with two attached hydrogens (primary N) is 1. The fourth-order valence-electron chi connectivity index (χ4n) is 3.67. The lowest BCUT2D eigenvalue weighted by Crippen LogP contribution is -2.37. The fraction of sp³-hybridized carbons (Fsp3) is 0.538. The number of aromatic nitrogens is 2. The number of anilines is 1. The Balaban J connectivity index is 1.35. The number of hydrogen-bond acceptors (Lipinski definition) is 9. The molecule has 11 nitrogen and oxygen atoms in total. The maximum Gasteiger partial charge on any atom is 0.410 e. The summed E-state index contributed by atoms with van der Waals surface area (Å²) in [6.07, 6.45) is 2.03. The third-order valence-corrected chi connectivity index (χ3v) is 5.45. The number of benzene rings is 1. The van der Waals surface area contributed by atoms with Gasteiger partial charge in [-0.25, -0.2) is 9.59 Å². The van der Waals surface area contributed by atoms with Gasteiger partial charge in [-0.2, -0.15) is 4.98 Å². The number of esters is 1. The quantitative estimate of drug-likeness (QED) is 0.353. The number of nitrogen functional groups attached to an aromatic ring is 1. The average molecular weight is 517 g/mol. The largest absolute Gasteiger partial charge is 0.460 e. The SMILES string of the molecule is CC(C)(C)OC(=O)N(CCCCCC(=O)OC[C@H]1OC[C@@H](n2ccc(N)nc2=O)O1)Cc1ccccc1. The molecular weight excluding hydrogens is 480 g/mol. The van der Waals surface area contributed by atoms with E-state index in [9.17, 15) is 14.4 Å². The maximum atomic E-state index is 12.7. The van der Waals surface area contributed by atoms with Gasteiger partial charge in [0.1, 0.15) is 18.0 Å². The smallest absolute Gasteiger partial charge is 0.410 e. The van der Waals surface area contributed by atoms with E-state index in [1.54, 1.807) is 4.90 Å². The van der Waals surface area contributed by atoms with Crippen molar-refractivity contribution in [2.45, 2.75) is 71.1 Å². The zero-order valence-corrected chi connectivity index (χ0v) is 21.6. The summed E-state index contributed by atoms with van der Waals surface area (Å²) in [6.45, 7) is 6.55. The third-order valence-electron chi connectivity index (χ3n) is 5.45. The molecule has 1 aliphatic heterocycles. The Hall–Kier alpha value is -3.44. The van der Waals surface area contributed by atoms with Crippen molar-refractivity contribution >= 4 is 17.9 Å². The number of hydrogen-bond donors (Lipinski definition) is 1. The van der Waals surface area contributed by atoms with Crippen molar-refractivity contribution in [1.29, 1.82) is 0 Å². The van der Waals surface area contributed by atoms with Gasteiger partial charge in [-0.3, -0.25) is 9.36 Å². The number of carbonyl (C=O) groups is 2. The molecule has 1 aromatic carbocycles. The van der Waals surface area contributed by atoms with Crippen molar-refractivity contribution in [3.05, 3.63) is 58.6 Å². The summed E-state index contributed by atoms with van der Waals surface area (Å²) in [4.78, 5) is 42.1. The summed E-state index contributed by atoms with van der Waals surface area (Å²) in [5.41, 5.74) is 5.40. The van der Waals surface area contributed by atoms with Crippen molar-refractivity contribution in [3.63, 3.8) is 0 Å². The van der Waals surface area contributed by atoms with Crippen molar-refractivity contribution < 1.29 is 28.5 Å². The number of carbonyl (C=O) groups excluding carboxylic acids is 2. The molecule has 0 unspecified atom stereocenters. The predicted octanol–water partition coefficient (Wildman–Crippen LogP) is 3.24. The molecule has 1 aromatic heterocycles. The number of ether oxygens (including phenoxy) is 4. The highest BCUT2D eigenvalue weighted by atomic mass is 16.7. The van der Waals surface area contributed by atoms with Crippen LogP contribution >= 0.6 is 0 Å². The van der Waals surface area contributed by atoms with Crippen LogP contribution in [0.1, 0.15) is 58.2 Å². The van der Waals surface area contributed by atoms with E-state index in [1.807, 2.05) is 51.1 Å². The van der Waals surface area contributed by atoms with E-state index < -0.39 is 23.8 Å². The van der Waals surface area contributed by atoms with E-state index in [1.165, 1.54) is 16.8 Å². The molecule has 0 radical (unpaired) electrons. The molecule has 2 N–H and O–H groups in total. The number of rotatable bonds is 11. The minimum absolute atomic E-state index is 0.0734. The van der Waals surface area contributed by atoms with E-state index in [0.29, 0.717) is 19.5 Å². The number of amides is 1. The summed E-state index contributed by atoms with van der Waals surface area (Å²) >= 11 is 0. The molecule has 1 saturated heterocycles. The Morgan fingerprint density at radius 1 is 1.16 bits per heavy atom. The average Bonchev–Trinajstić information content (AvgIpc) is 3.30. The first-order valence-electron chi connectivity index (χ1n) is 12.4. The summed E-state index contributed by atoms with van der Waals surface area (Å²) < 4.78 is 23.2. The van der Waals surface area contributed by atoms with E-state index in [-0.39, 0.29) is 37.5 Å². The molecule has 0 spiro atoms. The number of nitrogens with zero attached hydrogens (tertiary/aromatic N) is 3. The fourth-order valence-corrected chi connectivity index (χ4v) is 3.67. The first-order valence-corrected chi connectivity index (χ1v) is 12.4. The Kier molecular flexibility index (Phi) is 10.0. The summed E-state index contributed by atoms with van der Waals surface area (Å²) in [7, 11) is 0. The molecule has 0 saturated carbocycles. The van der Waals surface area contributed by atoms with Crippen LogP contribution in [0.5, 0.6) is 0 Å². The van der Waals surface area contributed by atoms with Gasteiger partial charge in [0.25, 0.3) is 0 Å². The van der Waals surface area contributed by atoms with Gasteiger partial charge >= 0.3 is 17.8 Å². The van der Waals surface area contributed by atoms with Gasteiger partial charge in [0.15, 0.2) is 12.5 Å². The molecule has 2 heterocycles. The molecule has 2 atom stereocenters. The van der Waals surface area contributed by atoms with Crippen LogP contribution in [-0.2, 0) is 30.3 Å². The van der Waals surface area contributed by atoms with Gasteiger partial charge in [0.05, 0.1) is 6.61 Å². The Bertz CT molecular complexity index is 1080. The van der Waals surface area contributed by atoms with Crippen LogP contribution in [0.3, 0.4) is 0 Å². The van der Waals surface area contributed by atoms with Crippen LogP contribution in [0, 0.1) is 0 Å². The van der Waals surface area contributed by atoms with Crippen LogP contribution in [0.2, 0.25) is 0 Å². The molecule has 3 rings (SSSR count). The van der Waals surface area contributed by atoms with Crippen molar-refractivity contribution in [2.75, 3.05) is 25.5 Å². The molecule has 1 fully saturated rings. The van der Waals surface area contributed by atoms with Gasteiger partial charge in [-0.15, -0.1) is 0 Å². The Morgan fingerprint density at radius 2 is 1.92 bits per heavy atom. The predicted molar refractivity (Wildman–Crippen MR) is 135 cm³/mol. The summed E-state index contributed by atoms with van der Waals surface area (Å²) in [5.74, 6) is -0.241. The van der Waals surface area contributed by atoms with Crippen LogP contribution < -0.4 is 11.4 Å². The third kappa shape index (κ3) is 9.51. The van der Waals surface area contributed by atoms with E-state index >= 15 is 0 Å². The lowest BCUT2D eigenvalue weighted by molar-refractivity contribution is -0.159. The second-order valence-electron chi connectivity index (χ2n) is 9.78. The lowest BCUT2D eigenvalue weighted by Gasteiger charge is -2.27. The second-order valence-corrected chi connectivity index (χ2v) is 9.78. The van der Waals surface area contributed by atoms with Gasteiger partial charge in [-0.1, -0.05) is 36.8 Å².